The molecule has 7 heteroatoms. The summed E-state index contributed by atoms with van der Waals surface area (Å²) < 4.78 is 0. The van der Waals surface area contributed by atoms with E-state index in [0.29, 0.717) is 5.69 Å². The van der Waals surface area contributed by atoms with E-state index in [9.17, 15) is 14.4 Å². The Bertz CT molecular complexity index is 461. The highest BCUT2D eigenvalue weighted by Crippen LogP contribution is 2.13. The van der Waals surface area contributed by atoms with Crippen LogP contribution in [0.3, 0.4) is 0 Å². The van der Waals surface area contributed by atoms with Crippen molar-refractivity contribution in [2.24, 2.45) is 5.73 Å². The van der Waals surface area contributed by atoms with Crippen molar-refractivity contribution in [3.8, 4) is 0 Å². The normalized spacial score (nSPS) is 9.68. The number of carboxylic acid groups (broad SMARTS) is 1. The number of hydrogen-bond acceptors (Lipinski definition) is 4. The number of carbonyl (C=O) groups excluding carboxylic acids is 2. The number of para-hydroxylation sites is 1. The minimum Gasteiger partial charge on any atom is -0.480 e. The molecule has 102 valence electrons. The number of anilines is 1. The molecule has 0 fully saturated rings. The average molecular weight is 265 g/mol. The molecule has 0 aliphatic carbocycles. The van der Waals surface area contributed by atoms with E-state index in [1.165, 1.54) is 4.90 Å². The third-order valence-corrected chi connectivity index (χ3v) is 2.32. The van der Waals surface area contributed by atoms with Crippen LogP contribution in [0, 0.1) is 0 Å². The maximum Gasteiger partial charge on any atom is 0.323 e. The fraction of sp³-hybridized carbons (Fsp3) is 0.250. The smallest absolute Gasteiger partial charge is 0.323 e. The Morgan fingerprint density at radius 1 is 1.21 bits per heavy atom. The molecular weight excluding hydrogens is 250 g/mol. The third-order valence-electron chi connectivity index (χ3n) is 2.32. The number of urea groups is 1. The molecule has 0 heterocycles. The third kappa shape index (κ3) is 5.53. The first-order chi connectivity index (χ1) is 8.99. The minimum atomic E-state index is -1.00. The van der Waals surface area contributed by atoms with Crippen LogP contribution in [0.1, 0.15) is 6.42 Å². The van der Waals surface area contributed by atoms with Crippen molar-refractivity contribution in [2.45, 2.75) is 6.42 Å². The van der Waals surface area contributed by atoms with Crippen LogP contribution in [0.2, 0.25) is 0 Å². The van der Waals surface area contributed by atoms with Gasteiger partial charge in [-0.05, 0) is 12.1 Å². The van der Waals surface area contributed by atoms with E-state index >= 15 is 0 Å². The van der Waals surface area contributed by atoms with Crippen LogP contribution in [0.5, 0.6) is 0 Å². The second-order valence-electron chi connectivity index (χ2n) is 3.81. The lowest BCUT2D eigenvalue weighted by Gasteiger charge is -2.22. The van der Waals surface area contributed by atoms with Gasteiger partial charge >= 0.3 is 12.0 Å². The van der Waals surface area contributed by atoms with Gasteiger partial charge in [-0.15, -0.1) is 0 Å². The first kappa shape index (κ1) is 14.5. The average Bonchev–Trinajstić information content (AvgIpc) is 2.34. The van der Waals surface area contributed by atoms with Gasteiger partial charge in [-0.1, -0.05) is 18.2 Å². The van der Waals surface area contributed by atoms with Crippen molar-refractivity contribution in [3.63, 3.8) is 0 Å². The molecule has 1 rings (SSSR count). The highest BCUT2D eigenvalue weighted by molar-refractivity contribution is 5.93. The molecule has 0 saturated carbocycles. The number of aliphatic carboxylic acids is 1. The van der Waals surface area contributed by atoms with E-state index in [1.807, 2.05) is 11.4 Å². The SMILES string of the molecule is NC(=O)NC(=O)CCN(CC(=O)O)c1ccccc1. The zero-order valence-corrected chi connectivity index (χ0v) is 10.2. The Morgan fingerprint density at radius 2 is 1.84 bits per heavy atom. The van der Waals surface area contributed by atoms with Gasteiger partial charge in [-0.25, -0.2) is 4.79 Å². The lowest BCUT2D eigenvalue weighted by atomic mass is 10.2. The number of carbonyl (C=O) groups is 3. The molecule has 0 spiro atoms. The predicted molar refractivity (Wildman–Crippen MR) is 68.6 cm³/mol. The van der Waals surface area contributed by atoms with Crippen molar-refractivity contribution in [2.75, 3.05) is 18.0 Å². The Labute approximate surface area is 110 Å². The summed E-state index contributed by atoms with van der Waals surface area (Å²) in [4.78, 5) is 34.1. The summed E-state index contributed by atoms with van der Waals surface area (Å²) in [7, 11) is 0. The van der Waals surface area contributed by atoms with E-state index in [1.54, 1.807) is 24.3 Å². The van der Waals surface area contributed by atoms with Crippen molar-refractivity contribution < 1.29 is 19.5 Å². The van der Waals surface area contributed by atoms with Gasteiger partial charge in [0.25, 0.3) is 0 Å². The van der Waals surface area contributed by atoms with E-state index in [4.69, 9.17) is 10.8 Å². The maximum absolute atomic E-state index is 11.3. The Balaban J connectivity index is 2.63. The summed E-state index contributed by atoms with van der Waals surface area (Å²) in [6, 6.07) is 7.92. The van der Waals surface area contributed by atoms with Gasteiger partial charge in [0, 0.05) is 18.7 Å². The molecule has 0 aromatic heterocycles. The van der Waals surface area contributed by atoms with Crippen molar-refractivity contribution in [1.82, 2.24) is 5.32 Å². The predicted octanol–water partition coefficient (Wildman–Crippen LogP) is 0.163. The largest absolute Gasteiger partial charge is 0.480 e. The Morgan fingerprint density at radius 3 is 2.37 bits per heavy atom. The number of amides is 3. The molecule has 7 nitrogen and oxygen atoms in total. The van der Waals surface area contributed by atoms with E-state index in [0.717, 1.165) is 0 Å². The Kier molecular flexibility index (Phi) is 5.34. The van der Waals surface area contributed by atoms with Crippen LogP contribution in [0.4, 0.5) is 10.5 Å². The lowest BCUT2D eigenvalue weighted by molar-refractivity contribution is -0.135. The summed E-state index contributed by atoms with van der Waals surface area (Å²) in [6.45, 7) is -0.0523. The molecule has 0 unspecified atom stereocenters. The van der Waals surface area contributed by atoms with Gasteiger partial charge in [-0.3, -0.25) is 14.9 Å². The molecule has 0 aliphatic rings. The number of nitrogens with two attached hydrogens (primary N) is 1. The first-order valence-electron chi connectivity index (χ1n) is 5.60. The fourth-order valence-corrected chi connectivity index (χ4v) is 1.54. The number of rotatable bonds is 6. The maximum atomic E-state index is 11.3. The first-order valence-corrected chi connectivity index (χ1v) is 5.60. The minimum absolute atomic E-state index is 0.0227. The molecular formula is C12H15N3O4. The number of nitrogens with one attached hydrogen (secondary N) is 1. The van der Waals surface area contributed by atoms with Crippen molar-refractivity contribution in [1.29, 1.82) is 0 Å². The molecule has 3 amide bonds. The molecule has 1 aromatic rings. The van der Waals surface area contributed by atoms with E-state index < -0.39 is 17.9 Å². The van der Waals surface area contributed by atoms with Crippen LogP contribution in [0.15, 0.2) is 30.3 Å². The fourth-order valence-electron chi connectivity index (χ4n) is 1.54. The monoisotopic (exact) mass is 265 g/mol. The number of imide groups is 1. The summed E-state index contributed by atoms with van der Waals surface area (Å²) in [5.74, 6) is -1.54. The molecule has 0 radical (unpaired) electrons. The van der Waals surface area contributed by atoms with Crippen molar-refractivity contribution >= 4 is 23.6 Å². The number of nitrogens with zero attached hydrogens (tertiary/aromatic N) is 1. The molecule has 0 aliphatic heterocycles. The molecule has 19 heavy (non-hydrogen) atoms. The summed E-state index contributed by atoms with van der Waals surface area (Å²) in [6.07, 6.45) is -0.0227. The van der Waals surface area contributed by atoms with E-state index in [2.05, 4.69) is 0 Å². The highest BCUT2D eigenvalue weighted by Gasteiger charge is 2.13. The Hall–Kier alpha value is -2.57. The lowest BCUT2D eigenvalue weighted by Crippen LogP contribution is -2.38. The number of primary amides is 1. The van der Waals surface area contributed by atoms with Gasteiger partial charge in [0.15, 0.2) is 0 Å². The molecule has 1 aromatic carbocycles. The van der Waals surface area contributed by atoms with Gasteiger partial charge in [0.05, 0.1) is 0 Å². The van der Waals surface area contributed by atoms with Gasteiger partial charge in [0.1, 0.15) is 6.54 Å². The molecule has 0 saturated heterocycles. The van der Waals surface area contributed by atoms with Crippen LogP contribution < -0.4 is 16.0 Å². The highest BCUT2D eigenvalue weighted by atomic mass is 16.4. The van der Waals surface area contributed by atoms with E-state index in [-0.39, 0.29) is 19.5 Å². The standard InChI is InChI=1S/C12H15N3O4/c13-12(19)14-10(16)6-7-15(8-11(17)18)9-4-2-1-3-5-9/h1-5H,6-8H2,(H,17,18)(H3,13,14,16,19). The summed E-state index contributed by atoms with van der Waals surface area (Å²) >= 11 is 0. The van der Waals surface area contributed by atoms with Gasteiger partial charge in [0.2, 0.25) is 5.91 Å². The van der Waals surface area contributed by atoms with Crippen LogP contribution in [0.25, 0.3) is 0 Å². The van der Waals surface area contributed by atoms with Gasteiger partial charge < -0.3 is 15.7 Å². The van der Waals surface area contributed by atoms with Crippen molar-refractivity contribution in [3.05, 3.63) is 30.3 Å². The molecule has 0 atom stereocenters. The number of carboxylic acids is 1. The zero-order valence-electron chi connectivity index (χ0n) is 10.2. The summed E-state index contributed by atoms with van der Waals surface area (Å²) in [5, 5.41) is 10.8. The summed E-state index contributed by atoms with van der Waals surface area (Å²) in [5.41, 5.74) is 5.50. The van der Waals surface area contributed by atoms with Crippen LogP contribution >= 0.6 is 0 Å². The second kappa shape index (κ2) is 7.00. The van der Waals surface area contributed by atoms with Crippen LogP contribution in [-0.4, -0.2) is 36.1 Å². The van der Waals surface area contributed by atoms with Crippen LogP contribution in [-0.2, 0) is 9.59 Å². The number of benzene rings is 1. The van der Waals surface area contributed by atoms with Gasteiger partial charge in [-0.2, -0.15) is 0 Å². The number of hydrogen-bond donors (Lipinski definition) is 3. The topological polar surface area (TPSA) is 113 Å². The molecule has 0 bridgehead atoms. The zero-order chi connectivity index (χ0) is 14.3. The quantitative estimate of drug-likeness (QED) is 0.678. The second-order valence-corrected chi connectivity index (χ2v) is 3.81. The molecule has 4 N–H and O–H groups in total.